The molecule has 0 spiro atoms. The molecule has 34 heavy (non-hydrogen) atoms. The number of ether oxygens (including phenoxy) is 1. The minimum atomic E-state index is -4.75. The third kappa shape index (κ3) is 5.00. The maximum absolute atomic E-state index is 13.8. The van der Waals surface area contributed by atoms with Gasteiger partial charge in [-0.3, -0.25) is 15.1 Å². The van der Waals surface area contributed by atoms with Crippen molar-refractivity contribution >= 4 is 33.4 Å². The Bertz CT molecular complexity index is 1340. The van der Waals surface area contributed by atoms with Crippen LogP contribution in [0.5, 0.6) is 5.75 Å². The molecule has 0 aliphatic carbocycles. The van der Waals surface area contributed by atoms with E-state index >= 15 is 0 Å². The number of nitrogens with zero attached hydrogens (tertiary/aromatic N) is 3. The Morgan fingerprint density at radius 1 is 1.29 bits per heavy atom. The highest BCUT2D eigenvalue weighted by molar-refractivity contribution is 7.15. The first-order valence-electron chi connectivity index (χ1n) is 9.86. The standard InChI is InChI=1S/C21H18F3N5O4S/c1-10-5-26-20(34-10)29-19(32)14-6-25-7-16-17(14)28-18(27-16)13-3-2-12(33-9-11(31)8-30)4-15(13)21(22,23)24/h2-7,11,30-31H,8-9H2,1H3,(H,27,28)(H,26,29,32)/t11-/m1/s1. The summed E-state index contributed by atoms with van der Waals surface area (Å²) in [6, 6.07) is 3.24. The van der Waals surface area contributed by atoms with Crippen LogP contribution in [0.25, 0.3) is 22.4 Å². The molecule has 4 aromatic rings. The van der Waals surface area contributed by atoms with Crippen molar-refractivity contribution in [3.8, 4) is 17.1 Å². The number of H-pyrrole nitrogens is 1. The van der Waals surface area contributed by atoms with Gasteiger partial charge in [-0.05, 0) is 25.1 Å². The first-order chi connectivity index (χ1) is 16.2. The number of aryl methyl sites for hydroxylation is 1. The number of hydrogen-bond acceptors (Lipinski definition) is 8. The lowest BCUT2D eigenvalue weighted by molar-refractivity contribution is -0.137. The third-order valence-corrected chi connectivity index (χ3v) is 5.51. The number of hydrogen-bond donors (Lipinski definition) is 4. The predicted octanol–water partition coefficient (Wildman–Crippen LogP) is 3.39. The number of anilines is 1. The first kappa shape index (κ1) is 23.6. The molecule has 0 saturated carbocycles. The molecule has 0 saturated heterocycles. The van der Waals surface area contributed by atoms with Crippen LogP contribution in [0.1, 0.15) is 20.8 Å². The van der Waals surface area contributed by atoms with E-state index in [2.05, 4.69) is 25.3 Å². The highest BCUT2D eigenvalue weighted by Crippen LogP contribution is 2.39. The number of benzene rings is 1. The molecule has 3 heterocycles. The van der Waals surface area contributed by atoms with Crippen LogP contribution in [-0.4, -0.2) is 55.4 Å². The van der Waals surface area contributed by atoms with Gasteiger partial charge in [-0.15, -0.1) is 11.3 Å². The van der Waals surface area contributed by atoms with Crippen LogP contribution >= 0.6 is 11.3 Å². The van der Waals surface area contributed by atoms with E-state index in [1.165, 1.54) is 35.9 Å². The summed E-state index contributed by atoms with van der Waals surface area (Å²) < 4.78 is 46.6. The Balaban J connectivity index is 1.70. The summed E-state index contributed by atoms with van der Waals surface area (Å²) in [6.45, 7) is 0.870. The summed E-state index contributed by atoms with van der Waals surface area (Å²) in [7, 11) is 0. The Kier molecular flexibility index (Phi) is 6.50. The Morgan fingerprint density at radius 3 is 2.76 bits per heavy atom. The SMILES string of the molecule is Cc1cnc(NC(=O)c2cncc3[nH]c(-c4ccc(OC[C@H](O)CO)cc4C(F)(F)F)nc23)s1. The molecular formula is C21H18F3N5O4S. The van der Waals surface area contributed by atoms with Crippen molar-refractivity contribution in [2.24, 2.45) is 0 Å². The fourth-order valence-electron chi connectivity index (χ4n) is 3.10. The van der Waals surface area contributed by atoms with Gasteiger partial charge in [0.15, 0.2) is 5.13 Å². The lowest BCUT2D eigenvalue weighted by Crippen LogP contribution is -2.21. The highest BCUT2D eigenvalue weighted by atomic mass is 32.1. The number of aliphatic hydroxyl groups excluding tert-OH is 2. The van der Waals surface area contributed by atoms with Crippen LogP contribution in [0.3, 0.4) is 0 Å². The summed E-state index contributed by atoms with van der Waals surface area (Å²) in [5, 5.41) is 21.2. The van der Waals surface area contributed by atoms with E-state index < -0.39 is 30.4 Å². The lowest BCUT2D eigenvalue weighted by Gasteiger charge is -2.15. The molecule has 4 N–H and O–H groups in total. The molecule has 0 radical (unpaired) electrons. The van der Waals surface area contributed by atoms with E-state index in [1.807, 2.05) is 6.92 Å². The molecule has 1 aromatic carbocycles. The molecule has 1 atom stereocenters. The smallest absolute Gasteiger partial charge is 0.417 e. The van der Waals surface area contributed by atoms with E-state index in [4.69, 9.17) is 9.84 Å². The third-order valence-electron chi connectivity index (χ3n) is 4.69. The first-order valence-corrected chi connectivity index (χ1v) is 10.7. The number of thiazole rings is 1. The molecule has 0 aliphatic rings. The molecule has 4 rings (SSSR count). The van der Waals surface area contributed by atoms with Crippen molar-refractivity contribution < 1.29 is 32.9 Å². The van der Waals surface area contributed by atoms with Gasteiger partial charge in [0.25, 0.3) is 5.91 Å². The lowest BCUT2D eigenvalue weighted by atomic mass is 10.1. The van der Waals surface area contributed by atoms with Crippen LogP contribution in [0.15, 0.2) is 36.8 Å². The zero-order chi connectivity index (χ0) is 24.5. The monoisotopic (exact) mass is 493 g/mol. The molecule has 1 amide bonds. The molecule has 178 valence electrons. The van der Waals surface area contributed by atoms with E-state index in [1.54, 1.807) is 6.20 Å². The Labute approximate surface area is 194 Å². The number of alkyl halides is 3. The number of carbonyl (C=O) groups is 1. The number of aliphatic hydroxyl groups is 2. The molecule has 13 heteroatoms. The Morgan fingerprint density at radius 2 is 2.09 bits per heavy atom. The number of aromatic nitrogens is 4. The predicted molar refractivity (Wildman–Crippen MR) is 118 cm³/mol. The number of nitrogens with one attached hydrogen (secondary N) is 2. The van der Waals surface area contributed by atoms with Crippen molar-refractivity contribution in [3.05, 3.63) is 52.8 Å². The van der Waals surface area contributed by atoms with Gasteiger partial charge >= 0.3 is 6.18 Å². The van der Waals surface area contributed by atoms with Gasteiger partial charge in [-0.2, -0.15) is 13.2 Å². The van der Waals surface area contributed by atoms with Crippen LogP contribution < -0.4 is 10.1 Å². The summed E-state index contributed by atoms with van der Waals surface area (Å²) in [5.74, 6) is -0.802. The van der Waals surface area contributed by atoms with Gasteiger partial charge in [0.1, 0.15) is 29.8 Å². The van der Waals surface area contributed by atoms with Gasteiger partial charge in [-0.1, -0.05) is 0 Å². The van der Waals surface area contributed by atoms with Gasteiger partial charge < -0.3 is 19.9 Å². The number of fused-ring (bicyclic) bond motifs is 1. The van der Waals surface area contributed by atoms with Gasteiger partial charge in [0, 0.05) is 22.8 Å². The van der Waals surface area contributed by atoms with Crippen molar-refractivity contribution in [3.63, 3.8) is 0 Å². The quantitative estimate of drug-likeness (QED) is 0.310. The van der Waals surface area contributed by atoms with Crippen LogP contribution in [0, 0.1) is 6.92 Å². The number of rotatable bonds is 7. The molecule has 9 nitrogen and oxygen atoms in total. The van der Waals surface area contributed by atoms with Crippen molar-refractivity contribution in [2.45, 2.75) is 19.2 Å². The minimum absolute atomic E-state index is 0.0688. The van der Waals surface area contributed by atoms with Gasteiger partial charge in [-0.25, -0.2) is 9.97 Å². The van der Waals surface area contributed by atoms with Crippen molar-refractivity contribution in [1.82, 2.24) is 19.9 Å². The second kappa shape index (κ2) is 9.37. The largest absolute Gasteiger partial charge is 0.491 e. The summed E-state index contributed by atoms with van der Waals surface area (Å²) in [6.07, 6.45) is -1.74. The maximum Gasteiger partial charge on any atom is 0.417 e. The number of pyridine rings is 1. The molecule has 0 fully saturated rings. The topological polar surface area (TPSA) is 133 Å². The van der Waals surface area contributed by atoms with Crippen LogP contribution in [0.4, 0.5) is 18.3 Å². The summed E-state index contributed by atoms with van der Waals surface area (Å²) in [4.78, 5) is 28.7. The summed E-state index contributed by atoms with van der Waals surface area (Å²) in [5.41, 5.74) is -0.799. The van der Waals surface area contributed by atoms with Crippen LogP contribution in [0.2, 0.25) is 0 Å². The number of carbonyl (C=O) groups excluding carboxylic acids is 1. The maximum atomic E-state index is 13.8. The number of amides is 1. The minimum Gasteiger partial charge on any atom is -0.491 e. The van der Waals surface area contributed by atoms with Crippen molar-refractivity contribution in [1.29, 1.82) is 0 Å². The Hall–Kier alpha value is -3.55. The molecule has 0 unspecified atom stereocenters. The van der Waals surface area contributed by atoms with Gasteiger partial charge in [0.2, 0.25) is 0 Å². The fourth-order valence-corrected chi connectivity index (χ4v) is 3.76. The highest BCUT2D eigenvalue weighted by Gasteiger charge is 2.35. The summed E-state index contributed by atoms with van der Waals surface area (Å²) >= 11 is 1.27. The fraction of sp³-hybridized carbons (Fsp3) is 0.238. The molecular weight excluding hydrogens is 475 g/mol. The van der Waals surface area contributed by atoms with E-state index in [0.29, 0.717) is 5.13 Å². The zero-order valence-corrected chi connectivity index (χ0v) is 18.4. The van der Waals surface area contributed by atoms with Crippen molar-refractivity contribution in [2.75, 3.05) is 18.5 Å². The van der Waals surface area contributed by atoms with E-state index in [9.17, 15) is 23.1 Å². The zero-order valence-electron chi connectivity index (χ0n) is 17.6. The molecule has 3 aromatic heterocycles. The second-order valence-electron chi connectivity index (χ2n) is 7.25. The van der Waals surface area contributed by atoms with E-state index in [-0.39, 0.29) is 40.3 Å². The number of aromatic amines is 1. The number of halogens is 3. The average Bonchev–Trinajstić information content (AvgIpc) is 3.42. The number of imidazole rings is 1. The molecule has 0 bridgehead atoms. The second-order valence-corrected chi connectivity index (χ2v) is 8.49. The van der Waals surface area contributed by atoms with Gasteiger partial charge in [0.05, 0.1) is 29.4 Å². The van der Waals surface area contributed by atoms with Crippen LogP contribution in [-0.2, 0) is 6.18 Å². The normalized spacial score (nSPS) is 12.6. The van der Waals surface area contributed by atoms with E-state index in [0.717, 1.165) is 10.9 Å². The molecule has 0 aliphatic heterocycles. The average molecular weight is 493 g/mol.